The topological polar surface area (TPSA) is 21.3 Å². The van der Waals surface area contributed by atoms with Gasteiger partial charge in [-0.3, -0.25) is 0 Å². The molecule has 0 amide bonds. The summed E-state index contributed by atoms with van der Waals surface area (Å²) in [5.74, 6) is 0.970. The van der Waals surface area contributed by atoms with Crippen LogP contribution in [0, 0.1) is 5.92 Å². The van der Waals surface area contributed by atoms with E-state index in [-0.39, 0.29) is 12.4 Å². The fourth-order valence-electron chi connectivity index (χ4n) is 2.65. The van der Waals surface area contributed by atoms with E-state index in [2.05, 4.69) is 5.32 Å². The molecule has 1 N–H and O–H groups in total. The fourth-order valence-corrected chi connectivity index (χ4v) is 2.65. The van der Waals surface area contributed by atoms with E-state index in [1.165, 1.54) is 44.9 Å². The van der Waals surface area contributed by atoms with Crippen molar-refractivity contribution in [1.82, 2.24) is 5.32 Å². The Bertz CT molecular complexity index is 154. The zero-order valence-corrected chi connectivity index (χ0v) is 10.4. The molecule has 1 saturated carbocycles. The van der Waals surface area contributed by atoms with Crippen molar-refractivity contribution in [2.24, 2.45) is 5.92 Å². The van der Waals surface area contributed by atoms with Crippen LogP contribution in [-0.4, -0.2) is 25.8 Å². The van der Waals surface area contributed by atoms with Crippen molar-refractivity contribution in [2.75, 3.05) is 19.7 Å². The first-order valence-corrected chi connectivity index (χ1v) is 6.27. The van der Waals surface area contributed by atoms with Gasteiger partial charge in [-0.2, -0.15) is 0 Å². The zero-order valence-electron chi connectivity index (χ0n) is 9.54. The van der Waals surface area contributed by atoms with E-state index in [0.29, 0.717) is 6.10 Å². The average molecular weight is 234 g/mol. The Hall–Kier alpha value is 0.210. The Balaban J connectivity index is 0.00000112. The average Bonchev–Trinajstić information content (AvgIpc) is 2.72. The summed E-state index contributed by atoms with van der Waals surface area (Å²) in [6.07, 6.45) is 10.3. The molecule has 15 heavy (non-hydrogen) atoms. The molecule has 1 saturated heterocycles. The van der Waals surface area contributed by atoms with Gasteiger partial charge >= 0.3 is 0 Å². The van der Waals surface area contributed by atoms with Crippen LogP contribution in [-0.2, 0) is 4.74 Å². The van der Waals surface area contributed by atoms with Gasteiger partial charge in [-0.15, -0.1) is 12.4 Å². The second kappa shape index (κ2) is 7.48. The first-order chi connectivity index (χ1) is 6.95. The van der Waals surface area contributed by atoms with Crippen LogP contribution in [0.3, 0.4) is 0 Å². The standard InChI is InChI=1S/C12H23NO.ClH/c1-2-4-11(5-3-1)7-9-14-12-6-8-13-10-12;/h11-13H,1-10H2;1H. The van der Waals surface area contributed by atoms with Gasteiger partial charge in [0.25, 0.3) is 0 Å². The molecule has 0 aromatic rings. The van der Waals surface area contributed by atoms with Crippen LogP contribution >= 0.6 is 12.4 Å². The van der Waals surface area contributed by atoms with Gasteiger partial charge in [-0.1, -0.05) is 32.1 Å². The molecule has 1 unspecified atom stereocenters. The highest BCUT2D eigenvalue weighted by Crippen LogP contribution is 2.26. The third-order valence-electron chi connectivity index (χ3n) is 3.62. The SMILES string of the molecule is C1CCC(CCOC2CCNC2)CC1.Cl. The number of hydrogen-bond donors (Lipinski definition) is 1. The normalized spacial score (nSPS) is 27.6. The summed E-state index contributed by atoms with van der Waals surface area (Å²) in [4.78, 5) is 0. The van der Waals surface area contributed by atoms with Gasteiger partial charge in [0.2, 0.25) is 0 Å². The van der Waals surface area contributed by atoms with Crippen molar-refractivity contribution >= 4 is 12.4 Å². The third-order valence-corrected chi connectivity index (χ3v) is 3.62. The van der Waals surface area contributed by atoms with Crippen molar-refractivity contribution in [2.45, 2.75) is 51.0 Å². The summed E-state index contributed by atoms with van der Waals surface area (Å²) >= 11 is 0. The molecular weight excluding hydrogens is 210 g/mol. The zero-order chi connectivity index (χ0) is 9.64. The first kappa shape index (κ1) is 13.3. The van der Waals surface area contributed by atoms with Gasteiger partial charge in [-0.05, 0) is 25.3 Å². The van der Waals surface area contributed by atoms with E-state index in [1.54, 1.807) is 0 Å². The van der Waals surface area contributed by atoms with E-state index in [1.807, 2.05) is 0 Å². The highest BCUT2D eigenvalue weighted by Gasteiger charge is 2.16. The minimum absolute atomic E-state index is 0. The predicted octanol–water partition coefficient (Wildman–Crippen LogP) is 2.76. The molecule has 2 nitrogen and oxygen atoms in total. The van der Waals surface area contributed by atoms with Gasteiger partial charge in [-0.25, -0.2) is 0 Å². The van der Waals surface area contributed by atoms with Crippen molar-refractivity contribution < 1.29 is 4.74 Å². The van der Waals surface area contributed by atoms with Crippen LogP contribution in [0.5, 0.6) is 0 Å². The van der Waals surface area contributed by atoms with Gasteiger partial charge in [0, 0.05) is 13.2 Å². The van der Waals surface area contributed by atoms with Crippen LogP contribution in [0.4, 0.5) is 0 Å². The summed E-state index contributed by atoms with van der Waals surface area (Å²) in [6.45, 7) is 3.22. The van der Waals surface area contributed by atoms with Crippen LogP contribution in [0.1, 0.15) is 44.9 Å². The van der Waals surface area contributed by atoms with Gasteiger partial charge < -0.3 is 10.1 Å². The molecule has 2 aliphatic rings. The van der Waals surface area contributed by atoms with E-state index < -0.39 is 0 Å². The summed E-state index contributed by atoms with van der Waals surface area (Å²) in [5, 5.41) is 3.34. The van der Waals surface area contributed by atoms with Crippen molar-refractivity contribution in [3.63, 3.8) is 0 Å². The molecule has 0 aromatic heterocycles. The predicted molar refractivity (Wildman–Crippen MR) is 65.7 cm³/mol. The molecule has 0 spiro atoms. The lowest BCUT2D eigenvalue weighted by Gasteiger charge is -2.22. The maximum absolute atomic E-state index is 5.84. The molecule has 1 heterocycles. The summed E-state index contributed by atoms with van der Waals surface area (Å²) in [5.41, 5.74) is 0. The molecule has 1 aliphatic carbocycles. The van der Waals surface area contributed by atoms with E-state index >= 15 is 0 Å². The molecule has 2 rings (SSSR count). The van der Waals surface area contributed by atoms with Crippen LogP contribution in [0.25, 0.3) is 0 Å². The molecule has 1 atom stereocenters. The molecule has 0 aromatic carbocycles. The Labute approximate surface area is 99.6 Å². The summed E-state index contributed by atoms with van der Waals surface area (Å²) in [7, 11) is 0. The van der Waals surface area contributed by atoms with Crippen molar-refractivity contribution in [3.8, 4) is 0 Å². The van der Waals surface area contributed by atoms with E-state index in [9.17, 15) is 0 Å². The molecule has 0 radical (unpaired) electrons. The van der Waals surface area contributed by atoms with Crippen molar-refractivity contribution in [1.29, 1.82) is 0 Å². The van der Waals surface area contributed by atoms with Crippen LogP contribution in [0.2, 0.25) is 0 Å². The smallest absolute Gasteiger partial charge is 0.0711 e. The second-order valence-corrected chi connectivity index (χ2v) is 4.78. The maximum atomic E-state index is 5.84. The summed E-state index contributed by atoms with van der Waals surface area (Å²) in [6, 6.07) is 0. The summed E-state index contributed by atoms with van der Waals surface area (Å²) < 4.78 is 5.84. The Morgan fingerprint density at radius 3 is 2.53 bits per heavy atom. The molecule has 90 valence electrons. The number of nitrogens with one attached hydrogen (secondary N) is 1. The second-order valence-electron chi connectivity index (χ2n) is 4.78. The minimum atomic E-state index is 0. The van der Waals surface area contributed by atoms with Crippen LogP contribution < -0.4 is 5.32 Å². The van der Waals surface area contributed by atoms with Gasteiger partial charge in [0.05, 0.1) is 6.10 Å². The molecule has 0 bridgehead atoms. The molecule has 3 heteroatoms. The highest BCUT2D eigenvalue weighted by molar-refractivity contribution is 5.85. The fraction of sp³-hybridized carbons (Fsp3) is 1.00. The van der Waals surface area contributed by atoms with Gasteiger partial charge in [0.1, 0.15) is 0 Å². The lowest BCUT2D eigenvalue weighted by molar-refractivity contribution is 0.0542. The quantitative estimate of drug-likeness (QED) is 0.807. The number of halogens is 1. The monoisotopic (exact) mass is 233 g/mol. The molecular formula is C12H24ClNO. The number of hydrogen-bond acceptors (Lipinski definition) is 2. The lowest BCUT2D eigenvalue weighted by atomic mass is 9.87. The highest BCUT2D eigenvalue weighted by atomic mass is 35.5. The number of rotatable bonds is 4. The van der Waals surface area contributed by atoms with E-state index in [4.69, 9.17) is 4.74 Å². The maximum Gasteiger partial charge on any atom is 0.0711 e. The minimum Gasteiger partial charge on any atom is -0.377 e. The van der Waals surface area contributed by atoms with Crippen LogP contribution in [0.15, 0.2) is 0 Å². The molecule has 2 fully saturated rings. The van der Waals surface area contributed by atoms with Gasteiger partial charge in [0.15, 0.2) is 0 Å². The largest absolute Gasteiger partial charge is 0.377 e. The third kappa shape index (κ3) is 4.71. The lowest BCUT2D eigenvalue weighted by Crippen LogP contribution is -2.19. The van der Waals surface area contributed by atoms with Crippen molar-refractivity contribution in [3.05, 3.63) is 0 Å². The Morgan fingerprint density at radius 1 is 1.07 bits per heavy atom. The Kier molecular flexibility index (Phi) is 6.62. The molecule has 1 aliphatic heterocycles. The first-order valence-electron chi connectivity index (χ1n) is 6.27. The number of ether oxygens (including phenoxy) is 1. The Morgan fingerprint density at radius 2 is 1.87 bits per heavy atom. The van der Waals surface area contributed by atoms with E-state index in [0.717, 1.165) is 25.6 Å².